The van der Waals surface area contributed by atoms with Crippen LogP contribution >= 0.6 is 0 Å². The van der Waals surface area contributed by atoms with Crippen LogP contribution in [0.2, 0.25) is 0 Å². The van der Waals surface area contributed by atoms with Gasteiger partial charge in [0.05, 0.1) is 17.3 Å². The summed E-state index contributed by atoms with van der Waals surface area (Å²) in [5.74, 6) is 0. The van der Waals surface area contributed by atoms with Gasteiger partial charge in [-0.3, -0.25) is 0 Å². The Balaban J connectivity index is 1.60. The van der Waals surface area contributed by atoms with Crippen LogP contribution in [0.25, 0.3) is 10.9 Å². The van der Waals surface area contributed by atoms with E-state index in [1.165, 1.54) is 10.9 Å². The van der Waals surface area contributed by atoms with Gasteiger partial charge in [-0.05, 0) is 76.4 Å². The average molecular weight is 341 g/mol. The van der Waals surface area contributed by atoms with E-state index in [0.717, 1.165) is 31.1 Å². The van der Waals surface area contributed by atoms with E-state index in [0.29, 0.717) is 6.04 Å². The van der Waals surface area contributed by atoms with Crippen molar-refractivity contribution < 1.29 is 14.4 Å². The van der Waals surface area contributed by atoms with Crippen molar-refractivity contribution in [1.29, 1.82) is 0 Å². The van der Waals surface area contributed by atoms with Crippen LogP contribution in [0.4, 0.5) is 0 Å². The van der Waals surface area contributed by atoms with Gasteiger partial charge < -0.3 is 19.0 Å². The van der Waals surface area contributed by atoms with Gasteiger partial charge in [-0.1, -0.05) is 12.1 Å². The Morgan fingerprint density at radius 1 is 1.00 bits per heavy atom. The molecule has 0 unspecified atom stereocenters. The molecule has 2 aliphatic rings. The molecule has 4 rings (SSSR count). The number of benzene rings is 1. The molecule has 2 heterocycles. The third-order valence-corrected chi connectivity index (χ3v) is 6.33. The summed E-state index contributed by atoms with van der Waals surface area (Å²) in [7, 11) is -0.317. The Morgan fingerprint density at radius 3 is 2.28 bits per heavy atom. The summed E-state index contributed by atoms with van der Waals surface area (Å²) >= 11 is 0. The Morgan fingerprint density at radius 2 is 1.64 bits per heavy atom. The lowest BCUT2D eigenvalue weighted by atomic mass is 9.78. The molecule has 1 saturated heterocycles. The summed E-state index contributed by atoms with van der Waals surface area (Å²) in [6, 6.07) is 9.16. The number of hydrogen-bond donors (Lipinski definition) is 1. The van der Waals surface area contributed by atoms with Crippen LogP contribution in [0.5, 0.6) is 0 Å². The van der Waals surface area contributed by atoms with Gasteiger partial charge >= 0.3 is 7.12 Å². The van der Waals surface area contributed by atoms with Crippen LogP contribution in [0.1, 0.15) is 59.4 Å². The normalized spacial score (nSPS) is 28.6. The summed E-state index contributed by atoms with van der Waals surface area (Å²) in [6.45, 7) is 8.33. The Kier molecular flexibility index (Phi) is 4.02. The first-order valence-corrected chi connectivity index (χ1v) is 9.41. The maximum Gasteiger partial charge on any atom is 0.494 e. The van der Waals surface area contributed by atoms with Crippen LogP contribution in [-0.4, -0.2) is 34.1 Å². The summed E-state index contributed by atoms with van der Waals surface area (Å²) in [5.41, 5.74) is 1.69. The lowest BCUT2D eigenvalue weighted by Gasteiger charge is -2.32. The van der Waals surface area contributed by atoms with E-state index in [9.17, 15) is 5.11 Å². The van der Waals surface area contributed by atoms with Crippen LogP contribution < -0.4 is 5.46 Å². The Bertz CT molecular complexity index is 758. The minimum absolute atomic E-state index is 0.118. The number of aromatic nitrogens is 1. The summed E-state index contributed by atoms with van der Waals surface area (Å²) in [5, 5.41) is 11.0. The highest BCUT2D eigenvalue weighted by molar-refractivity contribution is 6.62. The van der Waals surface area contributed by atoms with E-state index in [1.807, 2.05) is 0 Å². The number of aliphatic hydroxyl groups excluding tert-OH is 1. The number of nitrogens with zero attached hydrogens (tertiary/aromatic N) is 1. The van der Waals surface area contributed by atoms with Crippen LogP contribution in [0.3, 0.4) is 0 Å². The van der Waals surface area contributed by atoms with E-state index >= 15 is 0 Å². The van der Waals surface area contributed by atoms with E-state index in [2.05, 4.69) is 62.7 Å². The molecule has 25 heavy (non-hydrogen) atoms. The fourth-order valence-corrected chi connectivity index (χ4v) is 3.96. The van der Waals surface area contributed by atoms with Gasteiger partial charge in [0.25, 0.3) is 0 Å². The standard InChI is InChI=1S/C20H28BNO3/c1-19(2)20(3,4)25-21(24-19)15-5-10-18-14(13-15)11-12-22(18)16-6-8-17(23)9-7-16/h5,10-13,16-17,23H,6-9H2,1-4H3/t16-,17+. The molecule has 0 spiro atoms. The highest BCUT2D eigenvalue weighted by Gasteiger charge is 2.51. The molecule has 1 aromatic carbocycles. The molecular formula is C20H28BNO3. The molecule has 1 aliphatic heterocycles. The second kappa shape index (κ2) is 5.87. The van der Waals surface area contributed by atoms with E-state index in [-0.39, 0.29) is 24.4 Å². The molecule has 134 valence electrons. The fourth-order valence-electron chi connectivity index (χ4n) is 3.96. The van der Waals surface area contributed by atoms with Gasteiger partial charge in [-0.2, -0.15) is 0 Å². The van der Waals surface area contributed by atoms with Crippen molar-refractivity contribution in [3.63, 3.8) is 0 Å². The molecule has 2 aromatic rings. The average Bonchev–Trinajstić information content (AvgIpc) is 3.06. The molecule has 1 aliphatic carbocycles. The first-order valence-electron chi connectivity index (χ1n) is 9.41. The number of rotatable bonds is 2. The Hall–Kier alpha value is -1.30. The topological polar surface area (TPSA) is 43.6 Å². The third kappa shape index (κ3) is 2.92. The van der Waals surface area contributed by atoms with Crippen LogP contribution in [-0.2, 0) is 9.31 Å². The fraction of sp³-hybridized carbons (Fsp3) is 0.600. The molecule has 1 N–H and O–H groups in total. The molecule has 0 bridgehead atoms. The smallest absolute Gasteiger partial charge is 0.399 e. The van der Waals surface area contributed by atoms with Crippen molar-refractivity contribution in [2.75, 3.05) is 0 Å². The van der Waals surface area contributed by atoms with Crippen molar-refractivity contribution in [3.05, 3.63) is 30.5 Å². The summed E-state index contributed by atoms with van der Waals surface area (Å²) < 4.78 is 14.7. The molecule has 0 amide bonds. The molecule has 5 heteroatoms. The lowest BCUT2D eigenvalue weighted by Crippen LogP contribution is -2.41. The first kappa shape index (κ1) is 17.1. The van der Waals surface area contributed by atoms with Crippen molar-refractivity contribution in [2.45, 2.75) is 76.7 Å². The molecule has 0 atom stereocenters. The van der Waals surface area contributed by atoms with E-state index < -0.39 is 0 Å². The molecule has 2 fully saturated rings. The van der Waals surface area contributed by atoms with Gasteiger partial charge in [-0.25, -0.2) is 0 Å². The third-order valence-electron chi connectivity index (χ3n) is 6.33. The quantitative estimate of drug-likeness (QED) is 0.852. The second-order valence-corrected chi connectivity index (χ2v) is 8.59. The zero-order valence-electron chi connectivity index (χ0n) is 15.7. The molecule has 4 nitrogen and oxygen atoms in total. The predicted molar refractivity (Wildman–Crippen MR) is 101 cm³/mol. The molecule has 0 radical (unpaired) electrons. The largest absolute Gasteiger partial charge is 0.494 e. The predicted octanol–water partition coefficient (Wildman–Crippen LogP) is 3.42. The number of aliphatic hydroxyl groups is 1. The highest BCUT2D eigenvalue weighted by Crippen LogP contribution is 2.37. The van der Waals surface area contributed by atoms with Gasteiger partial charge in [0.15, 0.2) is 0 Å². The van der Waals surface area contributed by atoms with Crippen molar-refractivity contribution in [2.24, 2.45) is 0 Å². The summed E-state index contributed by atoms with van der Waals surface area (Å²) in [6.07, 6.45) is 5.95. The maximum atomic E-state index is 9.74. The van der Waals surface area contributed by atoms with Gasteiger partial charge in [0.1, 0.15) is 0 Å². The second-order valence-electron chi connectivity index (χ2n) is 8.59. The zero-order valence-corrected chi connectivity index (χ0v) is 15.7. The maximum absolute atomic E-state index is 9.74. The van der Waals surface area contributed by atoms with Crippen molar-refractivity contribution >= 4 is 23.5 Å². The van der Waals surface area contributed by atoms with Gasteiger partial charge in [0, 0.05) is 17.8 Å². The number of fused-ring (bicyclic) bond motifs is 1. The Labute approximate surface area is 150 Å². The van der Waals surface area contributed by atoms with Crippen LogP contribution in [0.15, 0.2) is 30.5 Å². The molecular weight excluding hydrogens is 313 g/mol. The van der Waals surface area contributed by atoms with Gasteiger partial charge in [0.2, 0.25) is 0 Å². The minimum atomic E-state index is -0.318. The van der Waals surface area contributed by atoms with Gasteiger partial charge in [-0.15, -0.1) is 0 Å². The number of hydrogen-bond acceptors (Lipinski definition) is 3. The van der Waals surface area contributed by atoms with Crippen molar-refractivity contribution in [3.8, 4) is 0 Å². The summed E-state index contributed by atoms with van der Waals surface area (Å²) in [4.78, 5) is 0. The monoisotopic (exact) mass is 341 g/mol. The minimum Gasteiger partial charge on any atom is -0.399 e. The zero-order chi connectivity index (χ0) is 17.8. The SMILES string of the molecule is CC1(C)OB(c2ccc3c(ccn3[C@H]3CC[C@@H](O)CC3)c2)OC1(C)C. The van der Waals surface area contributed by atoms with E-state index in [1.54, 1.807) is 0 Å². The van der Waals surface area contributed by atoms with E-state index in [4.69, 9.17) is 9.31 Å². The highest BCUT2D eigenvalue weighted by atomic mass is 16.7. The van der Waals surface area contributed by atoms with Crippen molar-refractivity contribution in [1.82, 2.24) is 4.57 Å². The molecule has 1 saturated carbocycles. The van der Waals surface area contributed by atoms with Crippen LogP contribution in [0, 0.1) is 0 Å². The first-order chi connectivity index (χ1) is 11.8. The molecule has 1 aromatic heterocycles. The lowest BCUT2D eigenvalue weighted by molar-refractivity contribution is 0.00578.